The number of hydrogen-bond donors (Lipinski definition) is 4. The number of aromatic amines is 1. The van der Waals surface area contributed by atoms with Crippen molar-refractivity contribution >= 4 is 13.7 Å². The van der Waals surface area contributed by atoms with Crippen LogP contribution in [0.4, 0.5) is 4.39 Å². The predicted octanol–water partition coefficient (Wildman–Crippen LogP) is 0.264. The van der Waals surface area contributed by atoms with Crippen LogP contribution >= 0.6 is 7.75 Å². The van der Waals surface area contributed by atoms with Crippen molar-refractivity contribution in [1.29, 1.82) is 5.26 Å². The van der Waals surface area contributed by atoms with E-state index in [0.717, 1.165) is 12.3 Å². The average Bonchev–Trinajstić information content (AvgIpc) is 3.05. The summed E-state index contributed by atoms with van der Waals surface area (Å²) in [6.45, 7) is 3.06. The van der Waals surface area contributed by atoms with Crippen molar-refractivity contribution in [1.82, 2.24) is 14.6 Å². The second-order valence-electron chi connectivity index (χ2n) is 8.58. The van der Waals surface area contributed by atoms with Crippen LogP contribution in [0.25, 0.3) is 0 Å². The third-order valence-corrected chi connectivity index (χ3v) is 6.89. The first-order chi connectivity index (χ1) is 17.7. The highest BCUT2D eigenvalue weighted by atomic mass is 31.2. The van der Waals surface area contributed by atoms with E-state index in [2.05, 4.69) is 5.09 Å². The number of nitrogens with one attached hydrogen (secondary N) is 2. The number of nitriles is 1. The number of aliphatic hydroxyl groups excluding tert-OH is 2. The molecule has 1 saturated heterocycles. The smallest absolute Gasteiger partial charge is 0.459 e. The average molecular weight is 556 g/mol. The maximum Gasteiger partial charge on any atom is 0.459 e. The van der Waals surface area contributed by atoms with E-state index in [4.69, 9.17) is 18.5 Å². The van der Waals surface area contributed by atoms with Gasteiger partial charge in [-0.05, 0) is 32.9 Å². The molecule has 1 fully saturated rings. The van der Waals surface area contributed by atoms with Gasteiger partial charge < -0.3 is 19.5 Å². The van der Waals surface area contributed by atoms with Crippen LogP contribution in [0.3, 0.4) is 0 Å². The number of alkyl halides is 1. The van der Waals surface area contributed by atoms with Gasteiger partial charge in [0.05, 0.1) is 6.10 Å². The molecule has 206 valence electrons. The van der Waals surface area contributed by atoms with Gasteiger partial charge in [-0.1, -0.05) is 18.2 Å². The maximum atomic E-state index is 15.9. The lowest BCUT2D eigenvalue weighted by atomic mass is 10.0. The first kappa shape index (κ1) is 29.2. The molecule has 2 heterocycles. The molecule has 0 saturated carbocycles. The summed E-state index contributed by atoms with van der Waals surface area (Å²) in [7, 11) is -4.64. The van der Waals surface area contributed by atoms with Gasteiger partial charge in [-0.3, -0.25) is 28.4 Å². The molecule has 2 aromatic rings. The molecule has 0 unspecified atom stereocenters. The van der Waals surface area contributed by atoms with Gasteiger partial charge in [0.15, 0.2) is 0 Å². The second-order valence-corrected chi connectivity index (χ2v) is 10.3. The van der Waals surface area contributed by atoms with Crippen LogP contribution in [-0.2, 0) is 29.1 Å². The summed E-state index contributed by atoms with van der Waals surface area (Å²) >= 11 is 0. The van der Waals surface area contributed by atoms with E-state index in [1.54, 1.807) is 19.9 Å². The van der Waals surface area contributed by atoms with E-state index < -0.39 is 67.5 Å². The zero-order valence-electron chi connectivity index (χ0n) is 20.4. The van der Waals surface area contributed by atoms with Gasteiger partial charge in [-0.2, -0.15) is 10.3 Å². The van der Waals surface area contributed by atoms with E-state index >= 15 is 4.39 Å². The number of nitrogens with zero attached hydrogens (tertiary/aromatic N) is 2. The molecular weight excluding hydrogens is 530 g/mol. The molecular formula is C22H26FN4O10P. The van der Waals surface area contributed by atoms with Crippen molar-refractivity contribution in [2.45, 2.75) is 56.7 Å². The van der Waals surface area contributed by atoms with E-state index in [1.807, 2.05) is 4.98 Å². The number of aromatic nitrogens is 2. The molecule has 1 aliphatic rings. The van der Waals surface area contributed by atoms with Crippen LogP contribution < -0.4 is 20.9 Å². The Hall–Kier alpha value is -3.38. The number of para-hydroxylation sites is 1. The van der Waals surface area contributed by atoms with Crippen LogP contribution in [0.2, 0.25) is 0 Å². The van der Waals surface area contributed by atoms with Gasteiger partial charge in [-0.25, -0.2) is 13.8 Å². The van der Waals surface area contributed by atoms with Gasteiger partial charge in [0, 0.05) is 12.3 Å². The normalized spacial score (nSPS) is 27.3. The third kappa shape index (κ3) is 6.02. The molecule has 0 bridgehead atoms. The van der Waals surface area contributed by atoms with Gasteiger partial charge in [-0.15, -0.1) is 0 Å². The predicted molar refractivity (Wildman–Crippen MR) is 126 cm³/mol. The van der Waals surface area contributed by atoms with Crippen molar-refractivity contribution < 1.29 is 42.5 Å². The fourth-order valence-electron chi connectivity index (χ4n) is 3.46. The minimum absolute atomic E-state index is 0.000226. The Bertz CT molecular complexity index is 1360. The number of halogens is 1. The highest BCUT2D eigenvalue weighted by Crippen LogP contribution is 2.49. The number of hydrogen-bond acceptors (Lipinski definition) is 11. The quantitative estimate of drug-likeness (QED) is 0.230. The summed E-state index contributed by atoms with van der Waals surface area (Å²) in [4.78, 5) is 37.7. The van der Waals surface area contributed by atoms with Crippen molar-refractivity contribution in [3.63, 3.8) is 0 Å². The van der Waals surface area contributed by atoms with Crippen molar-refractivity contribution in [3.05, 3.63) is 63.4 Å². The van der Waals surface area contributed by atoms with E-state index in [0.29, 0.717) is 4.57 Å². The van der Waals surface area contributed by atoms with E-state index in [-0.39, 0.29) is 5.75 Å². The number of ether oxygens (including phenoxy) is 2. The Morgan fingerprint density at radius 1 is 1.26 bits per heavy atom. The fraction of sp³-hybridized carbons (Fsp3) is 0.455. The van der Waals surface area contributed by atoms with Crippen molar-refractivity contribution in [2.24, 2.45) is 0 Å². The SMILES string of the molecule is CC(C)OC(=O)[C@H](C)N[P@](=O)(OC[C@@]1(F)O[C@@](C#N)(n2ccc(=O)[nH]c2=O)[C@H](O)[C@@H]1O)Oc1ccccc1. The maximum absolute atomic E-state index is 15.9. The zero-order valence-corrected chi connectivity index (χ0v) is 21.3. The van der Waals surface area contributed by atoms with Crippen LogP contribution in [0.1, 0.15) is 20.8 Å². The second kappa shape index (κ2) is 11.2. The Labute approximate surface area is 215 Å². The molecule has 6 atom stereocenters. The van der Waals surface area contributed by atoms with Gasteiger partial charge >= 0.3 is 19.4 Å². The van der Waals surface area contributed by atoms with Gasteiger partial charge in [0.2, 0.25) is 0 Å². The molecule has 0 aliphatic carbocycles. The van der Waals surface area contributed by atoms with Gasteiger partial charge in [0.25, 0.3) is 17.1 Å². The van der Waals surface area contributed by atoms with Crippen molar-refractivity contribution in [2.75, 3.05) is 6.61 Å². The Morgan fingerprint density at radius 3 is 2.50 bits per heavy atom. The largest absolute Gasteiger partial charge is 0.462 e. The Balaban J connectivity index is 1.90. The summed E-state index contributed by atoms with van der Waals surface area (Å²) in [6.07, 6.45) is -4.61. The molecule has 1 aromatic carbocycles. The summed E-state index contributed by atoms with van der Waals surface area (Å²) in [5.41, 5.74) is -4.93. The topological polar surface area (TPSA) is 202 Å². The first-order valence-electron chi connectivity index (χ1n) is 11.2. The lowest BCUT2D eigenvalue weighted by Gasteiger charge is -2.28. The number of carbonyl (C=O) groups excluding carboxylic acids is 1. The Morgan fingerprint density at radius 2 is 1.92 bits per heavy atom. The van der Waals surface area contributed by atoms with Crippen LogP contribution in [0.5, 0.6) is 5.75 Å². The summed E-state index contributed by atoms with van der Waals surface area (Å²) in [5, 5.41) is 33.0. The van der Waals surface area contributed by atoms with Crippen molar-refractivity contribution in [3.8, 4) is 11.8 Å². The van der Waals surface area contributed by atoms with Crippen LogP contribution in [-0.4, -0.2) is 62.5 Å². The minimum atomic E-state index is -4.64. The molecule has 16 heteroatoms. The third-order valence-electron chi connectivity index (χ3n) is 5.27. The molecule has 0 radical (unpaired) electrons. The van der Waals surface area contributed by atoms with E-state index in [9.17, 15) is 34.4 Å². The van der Waals surface area contributed by atoms with Crippen LogP contribution in [0, 0.1) is 11.3 Å². The summed E-state index contributed by atoms with van der Waals surface area (Å²) in [5.74, 6) is -4.26. The number of rotatable bonds is 10. The fourth-order valence-corrected chi connectivity index (χ4v) is 4.97. The zero-order chi connectivity index (χ0) is 28.3. The first-order valence-corrected chi connectivity index (χ1v) is 12.8. The molecule has 1 aliphatic heterocycles. The summed E-state index contributed by atoms with van der Waals surface area (Å²) in [6, 6.07) is 8.46. The molecule has 0 amide bonds. The molecule has 3 rings (SSSR count). The molecule has 1 aromatic heterocycles. The molecule has 0 spiro atoms. The molecule has 4 N–H and O–H groups in total. The summed E-state index contributed by atoms with van der Waals surface area (Å²) < 4.78 is 50.5. The standard InChI is InChI=1S/C22H26FN4O10P/c1-13(2)35-19(31)14(3)26-38(33,36-15-7-5-4-6-8-15)34-12-21(23)17(29)18(30)22(11-24,37-21)27-10-9-16(28)25-20(27)32/h4-10,13-14,17-18,29-30H,12H2,1-3H3,(H,26,33)(H,25,28,32)/t14-,17-,18+,21+,22+,38-/m0/s1. The number of carbonyl (C=O) groups is 1. The highest BCUT2D eigenvalue weighted by Gasteiger charge is 2.66. The number of H-pyrrole nitrogens is 1. The monoisotopic (exact) mass is 556 g/mol. The number of aliphatic hydroxyl groups is 2. The molecule has 14 nitrogen and oxygen atoms in total. The van der Waals surface area contributed by atoms with Gasteiger partial charge in [0.1, 0.15) is 36.7 Å². The highest BCUT2D eigenvalue weighted by molar-refractivity contribution is 7.52. The number of benzene rings is 1. The molecule has 38 heavy (non-hydrogen) atoms. The lowest BCUT2D eigenvalue weighted by molar-refractivity contribution is -0.225. The lowest BCUT2D eigenvalue weighted by Crippen LogP contribution is -2.50. The Kier molecular flexibility index (Phi) is 8.57. The number of esters is 1. The minimum Gasteiger partial charge on any atom is -0.462 e. The van der Waals surface area contributed by atoms with Crippen LogP contribution in [0.15, 0.2) is 52.2 Å². The van der Waals surface area contributed by atoms with E-state index in [1.165, 1.54) is 37.3 Å².